The van der Waals surface area contributed by atoms with Crippen LogP contribution >= 0.6 is 34.8 Å². The lowest BCUT2D eigenvalue weighted by molar-refractivity contribution is -0.140. The van der Waals surface area contributed by atoms with Gasteiger partial charge in [-0.2, -0.15) is 0 Å². The summed E-state index contributed by atoms with van der Waals surface area (Å²) in [6.07, 6.45) is 5.28. The molecular weight excluding hydrogens is 617 g/mol. The quantitative estimate of drug-likeness (QED) is 0.240. The van der Waals surface area contributed by atoms with Crippen LogP contribution in [0.1, 0.15) is 51.0 Å². The largest absolute Gasteiger partial charge is 0.352 e. The zero-order valence-corrected chi connectivity index (χ0v) is 26.4. The lowest BCUT2D eigenvalue weighted by Crippen LogP contribution is -2.54. The van der Waals surface area contributed by atoms with Crippen molar-refractivity contribution in [2.45, 2.75) is 69.0 Å². The van der Waals surface area contributed by atoms with Gasteiger partial charge in [0.2, 0.25) is 11.8 Å². The highest BCUT2D eigenvalue weighted by Gasteiger charge is 2.35. The SMILES string of the molecule is CCC(C(=O)NC1CCCCC1)N(Cc1c(Cl)cccc1Cl)C(=O)CN(c1ccccc1)S(=O)(=O)c1ccc(Cl)cc1. The second kappa shape index (κ2) is 14.6. The van der Waals surface area contributed by atoms with Crippen LogP contribution in [0.25, 0.3) is 0 Å². The molecule has 0 heterocycles. The number of rotatable bonds is 11. The van der Waals surface area contributed by atoms with Crippen LogP contribution < -0.4 is 9.62 Å². The number of hydrogen-bond acceptors (Lipinski definition) is 4. The van der Waals surface area contributed by atoms with Gasteiger partial charge in [0.05, 0.1) is 10.6 Å². The summed E-state index contributed by atoms with van der Waals surface area (Å²) in [5.41, 5.74) is 0.779. The number of anilines is 1. The van der Waals surface area contributed by atoms with E-state index in [1.165, 1.54) is 29.2 Å². The predicted molar refractivity (Wildman–Crippen MR) is 169 cm³/mol. The van der Waals surface area contributed by atoms with Gasteiger partial charge in [-0.15, -0.1) is 0 Å². The molecule has 0 aliphatic heterocycles. The van der Waals surface area contributed by atoms with E-state index in [1.54, 1.807) is 48.5 Å². The van der Waals surface area contributed by atoms with E-state index in [4.69, 9.17) is 34.8 Å². The van der Waals surface area contributed by atoms with E-state index in [-0.39, 0.29) is 23.4 Å². The van der Waals surface area contributed by atoms with Crippen molar-refractivity contribution in [1.29, 1.82) is 0 Å². The molecule has 1 aliphatic rings. The number of halogens is 3. The minimum atomic E-state index is -4.19. The zero-order chi connectivity index (χ0) is 30.3. The Hall–Kier alpha value is -2.78. The van der Waals surface area contributed by atoms with E-state index in [0.717, 1.165) is 36.4 Å². The fourth-order valence-electron chi connectivity index (χ4n) is 5.17. The highest BCUT2D eigenvalue weighted by Crippen LogP contribution is 2.29. The van der Waals surface area contributed by atoms with Crippen LogP contribution in [0.2, 0.25) is 15.1 Å². The van der Waals surface area contributed by atoms with Crippen molar-refractivity contribution in [1.82, 2.24) is 10.2 Å². The van der Waals surface area contributed by atoms with Crippen molar-refractivity contribution in [2.75, 3.05) is 10.8 Å². The number of sulfonamides is 1. The molecule has 224 valence electrons. The average molecular weight is 651 g/mol. The first-order chi connectivity index (χ1) is 20.1. The van der Waals surface area contributed by atoms with Crippen LogP contribution in [0.4, 0.5) is 5.69 Å². The molecule has 1 unspecified atom stereocenters. The minimum absolute atomic E-state index is 0.0219. The molecule has 1 saturated carbocycles. The molecule has 1 fully saturated rings. The molecule has 7 nitrogen and oxygen atoms in total. The maximum Gasteiger partial charge on any atom is 0.264 e. The Balaban J connectivity index is 1.72. The average Bonchev–Trinajstić information content (AvgIpc) is 2.98. The van der Waals surface area contributed by atoms with Gasteiger partial charge < -0.3 is 10.2 Å². The topological polar surface area (TPSA) is 86.8 Å². The second-order valence-electron chi connectivity index (χ2n) is 10.3. The molecule has 3 aromatic carbocycles. The van der Waals surface area contributed by atoms with Crippen LogP contribution in [-0.4, -0.2) is 43.8 Å². The summed E-state index contributed by atoms with van der Waals surface area (Å²) in [4.78, 5) is 29.2. The summed E-state index contributed by atoms with van der Waals surface area (Å²) in [6.45, 7) is 1.20. The Morgan fingerprint density at radius 1 is 0.881 bits per heavy atom. The van der Waals surface area contributed by atoms with Gasteiger partial charge in [-0.05, 0) is 67.8 Å². The van der Waals surface area contributed by atoms with E-state index in [1.807, 2.05) is 6.92 Å². The van der Waals surface area contributed by atoms with Crippen LogP contribution in [-0.2, 0) is 26.2 Å². The van der Waals surface area contributed by atoms with Gasteiger partial charge in [0.25, 0.3) is 10.0 Å². The molecule has 4 rings (SSSR count). The molecule has 1 atom stereocenters. The van der Waals surface area contributed by atoms with Crippen molar-refractivity contribution in [3.63, 3.8) is 0 Å². The third kappa shape index (κ3) is 7.78. The maximum atomic E-state index is 14.2. The molecule has 0 aromatic heterocycles. The molecular formula is C31H34Cl3N3O4S. The summed E-state index contributed by atoms with van der Waals surface area (Å²) in [6, 6.07) is 18.3. The molecule has 2 amide bonds. The van der Waals surface area contributed by atoms with E-state index in [0.29, 0.717) is 32.7 Å². The Morgan fingerprint density at radius 3 is 2.10 bits per heavy atom. The van der Waals surface area contributed by atoms with Crippen molar-refractivity contribution in [2.24, 2.45) is 0 Å². The number of benzene rings is 3. The Kier molecular flexibility index (Phi) is 11.2. The fourth-order valence-corrected chi connectivity index (χ4v) is 7.23. The summed E-state index contributed by atoms with van der Waals surface area (Å²) in [7, 11) is -4.19. The first-order valence-corrected chi connectivity index (χ1v) is 16.5. The second-order valence-corrected chi connectivity index (χ2v) is 13.4. The number of nitrogens with zero attached hydrogens (tertiary/aromatic N) is 2. The fraction of sp³-hybridized carbons (Fsp3) is 0.355. The standard InChI is InChI=1S/C31H34Cl3N3O4S/c1-2-29(31(39)35-23-10-5-3-6-11-23)36(20-26-27(33)14-9-15-28(26)34)30(38)21-37(24-12-7-4-8-13-24)42(40,41)25-18-16-22(32)17-19-25/h4,7-9,12-19,23,29H,2-3,5-6,10-11,20-21H2,1H3,(H,35,39). The maximum absolute atomic E-state index is 14.2. The van der Waals surface area contributed by atoms with Crippen molar-refractivity contribution in [3.8, 4) is 0 Å². The lowest BCUT2D eigenvalue weighted by atomic mass is 9.95. The first kappa shape index (κ1) is 32.1. The van der Waals surface area contributed by atoms with Crippen molar-refractivity contribution < 1.29 is 18.0 Å². The summed E-state index contributed by atoms with van der Waals surface area (Å²) < 4.78 is 28.8. The Morgan fingerprint density at radius 2 is 1.50 bits per heavy atom. The molecule has 11 heteroatoms. The minimum Gasteiger partial charge on any atom is -0.352 e. The first-order valence-electron chi connectivity index (χ1n) is 14.0. The van der Waals surface area contributed by atoms with E-state index in [2.05, 4.69) is 5.32 Å². The highest BCUT2D eigenvalue weighted by atomic mass is 35.5. The smallest absolute Gasteiger partial charge is 0.264 e. The molecule has 3 aromatic rings. The zero-order valence-electron chi connectivity index (χ0n) is 23.3. The van der Waals surface area contributed by atoms with E-state index >= 15 is 0 Å². The molecule has 1 aliphatic carbocycles. The number of amides is 2. The van der Waals surface area contributed by atoms with Crippen LogP contribution in [0, 0.1) is 0 Å². The van der Waals surface area contributed by atoms with Crippen molar-refractivity contribution in [3.05, 3.63) is 93.4 Å². The molecule has 0 spiro atoms. The molecule has 0 saturated heterocycles. The normalized spacial score (nSPS) is 14.7. The van der Waals surface area contributed by atoms with E-state index < -0.39 is 28.5 Å². The van der Waals surface area contributed by atoms with Gasteiger partial charge in [0, 0.05) is 33.2 Å². The monoisotopic (exact) mass is 649 g/mol. The van der Waals surface area contributed by atoms with Gasteiger partial charge in [0.1, 0.15) is 12.6 Å². The molecule has 42 heavy (non-hydrogen) atoms. The van der Waals surface area contributed by atoms with Gasteiger partial charge in [-0.1, -0.05) is 85.3 Å². The highest BCUT2D eigenvalue weighted by molar-refractivity contribution is 7.92. The predicted octanol–water partition coefficient (Wildman–Crippen LogP) is 7.10. The van der Waals surface area contributed by atoms with Crippen LogP contribution in [0.3, 0.4) is 0 Å². The molecule has 0 radical (unpaired) electrons. The molecule has 1 N–H and O–H groups in total. The number of carbonyl (C=O) groups is 2. The number of para-hydroxylation sites is 1. The van der Waals surface area contributed by atoms with Gasteiger partial charge >= 0.3 is 0 Å². The van der Waals surface area contributed by atoms with Crippen molar-refractivity contribution >= 4 is 62.3 Å². The Bertz CT molecular complexity index is 1460. The summed E-state index contributed by atoms with van der Waals surface area (Å²) in [5, 5.41) is 4.19. The van der Waals surface area contributed by atoms with Gasteiger partial charge in [0.15, 0.2) is 0 Å². The van der Waals surface area contributed by atoms with Gasteiger partial charge in [-0.25, -0.2) is 8.42 Å². The van der Waals surface area contributed by atoms with E-state index in [9.17, 15) is 18.0 Å². The third-order valence-electron chi connectivity index (χ3n) is 7.45. The van der Waals surface area contributed by atoms with Crippen LogP contribution in [0.5, 0.6) is 0 Å². The third-order valence-corrected chi connectivity index (χ3v) is 10.2. The lowest BCUT2D eigenvalue weighted by Gasteiger charge is -2.34. The summed E-state index contributed by atoms with van der Waals surface area (Å²) in [5.74, 6) is -0.856. The Labute approximate surface area is 262 Å². The number of nitrogens with one attached hydrogen (secondary N) is 1. The van der Waals surface area contributed by atoms with Crippen LogP contribution in [0.15, 0.2) is 77.7 Å². The number of hydrogen-bond donors (Lipinski definition) is 1. The summed E-state index contributed by atoms with van der Waals surface area (Å²) >= 11 is 19.0. The number of carbonyl (C=O) groups excluding carboxylic acids is 2. The molecule has 0 bridgehead atoms. The van der Waals surface area contributed by atoms with Gasteiger partial charge in [-0.3, -0.25) is 13.9 Å².